The summed E-state index contributed by atoms with van der Waals surface area (Å²) in [6, 6.07) is 4.21. The fourth-order valence-electron chi connectivity index (χ4n) is 4.89. The average Bonchev–Trinajstić information content (AvgIpc) is 3.37. The zero-order valence-corrected chi connectivity index (χ0v) is 20.3. The van der Waals surface area contributed by atoms with E-state index in [0.717, 1.165) is 4.90 Å². The Hall–Kier alpha value is -1.71. The smallest absolute Gasteiger partial charge is 0.373 e. The van der Waals surface area contributed by atoms with Crippen LogP contribution in [0.1, 0.15) is 36.4 Å². The van der Waals surface area contributed by atoms with Gasteiger partial charge in [-0.2, -0.15) is 8.78 Å². The molecule has 4 rings (SSSR count). The highest BCUT2D eigenvalue weighted by molar-refractivity contribution is 8.04. The zero-order valence-electron chi connectivity index (χ0n) is 18.6. The van der Waals surface area contributed by atoms with Gasteiger partial charge < -0.3 is 19.1 Å². The van der Waals surface area contributed by atoms with E-state index in [1.54, 1.807) is 6.07 Å². The molecule has 0 bridgehead atoms. The molecule has 2 unspecified atom stereocenters. The van der Waals surface area contributed by atoms with E-state index in [1.807, 2.05) is 0 Å². The van der Waals surface area contributed by atoms with Crippen LogP contribution in [0.5, 0.6) is 0 Å². The Labute approximate surface area is 196 Å². The van der Waals surface area contributed by atoms with E-state index >= 15 is 8.78 Å². The van der Waals surface area contributed by atoms with Crippen LogP contribution in [0.3, 0.4) is 0 Å². The van der Waals surface area contributed by atoms with Crippen LogP contribution in [0.2, 0.25) is 0 Å². The van der Waals surface area contributed by atoms with E-state index in [2.05, 4.69) is 0 Å². The first-order valence-corrected chi connectivity index (χ1v) is 14.0. The van der Waals surface area contributed by atoms with E-state index in [1.165, 1.54) is 25.3 Å². The summed E-state index contributed by atoms with van der Waals surface area (Å²) in [5, 5.41) is -5.03. The fraction of sp³-hybridized carbons (Fsp3) is 0.650. The predicted molar refractivity (Wildman–Crippen MR) is 115 cm³/mol. The Morgan fingerprint density at radius 3 is 2.26 bits per heavy atom. The van der Waals surface area contributed by atoms with Crippen LogP contribution in [0, 0.1) is 0 Å². The van der Waals surface area contributed by atoms with Crippen molar-refractivity contribution in [3.05, 3.63) is 35.4 Å². The Morgan fingerprint density at radius 1 is 1.12 bits per heavy atom. The molecule has 10 nitrogen and oxygen atoms in total. The van der Waals surface area contributed by atoms with Crippen LogP contribution in [0.4, 0.5) is 8.78 Å². The number of carbonyl (C=O) groups is 1. The molecule has 3 aliphatic rings. The molecule has 1 aromatic rings. The molecule has 2 atom stereocenters. The van der Waals surface area contributed by atoms with Crippen molar-refractivity contribution in [3.63, 3.8) is 0 Å². The summed E-state index contributed by atoms with van der Waals surface area (Å²) < 4.78 is 99.8. The number of ether oxygens (including phenoxy) is 3. The first kappa shape index (κ1) is 25.4. The van der Waals surface area contributed by atoms with Gasteiger partial charge in [0, 0.05) is 25.8 Å². The number of halogens is 2. The quantitative estimate of drug-likeness (QED) is 0.544. The average molecular weight is 525 g/mol. The SMILES string of the molecule is COC1C(N(S(C)(=O)=O)S(=O)(=O)C(F)(F)C(=O)N2CCCCC2)c2ccccc2C12OCCO2. The number of sulfonamides is 2. The number of benzene rings is 1. The number of amides is 1. The van der Waals surface area contributed by atoms with Gasteiger partial charge in [0.25, 0.3) is 0 Å². The van der Waals surface area contributed by atoms with Gasteiger partial charge in [-0.05, 0) is 24.8 Å². The van der Waals surface area contributed by atoms with E-state index in [0.29, 0.717) is 25.5 Å². The van der Waals surface area contributed by atoms with Crippen LogP contribution in [0.15, 0.2) is 24.3 Å². The topological polar surface area (TPSA) is 120 Å². The second kappa shape index (κ2) is 8.75. The van der Waals surface area contributed by atoms with Crippen LogP contribution in [-0.2, 0) is 44.8 Å². The lowest BCUT2D eigenvalue weighted by Crippen LogP contribution is -2.57. The Morgan fingerprint density at radius 2 is 1.71 bits per heavy atom. The number of carbonyl (C=O) groups excluding carboxylic acids is 1. The highest BCUT2D eigenvalue weighted by Gasteiger charge is 2.67. The number of hydrogen-bond donors (Lipinski definition) is 0. The van der Waals surface area contributed by atoms with E-state index in [4.69, 9.17) is 14.2 Å². The molecule has 14 heteroatoms. The molecule has 0 aromatic heterocycles. The predicted octanol–water partition coefficient (Wildman–Crippen LogP) is 1.15. The standard InChI is InChI=1S/C20H26F2N2O8S2/c1-30-17-16(14-8-4-5-9-15(14)19(17)31-12-13-32-19)24(33(2,26)27)34(28,29)20(21,22)18(25)23-10-6-3-7-11-23/h4-5,8-9,16-17H,3,6-7,10-13H2,1-2H3. The highest BCUT2D eigenvalue weighted by atomic mass is 32.3. The normalized spacial score (nSPS) is 25.1. The van der Waals surface area contributed by atoms with Crippen LogP contribution >= 0.6 is 0 Å². The molecule has 1 amide bonds. The first-order valence-electron chi connectivity index (χ1n) is 10.7. The highest BCUT2D eigenvalue weighted by Crippen LogP contribution is 2.54. The lowest BCUT2D eigenvalue weighted by Gasteiger charge is -2.37. The fourth-order valence-corrected chi connectivity index (χ4v) is 8.33. The molecular formula is C20H26F2N2O8S2. The number of hydrogen-bond acceptors (Lipinski definition) is 8. The largest absolute Gasteiger partial charge is 0.436 e. The van der Waals surface area contributed by atoms with Crippen molar-refractivity contribution in [1.29, 1.82) is 0 Å². The number of nitrogens with zero attached hydrogens (tertiary/aromatic N) is 2. The summed E-state index contributed by atoms with van der Waals surface area (Å²) in [5.41, 5.74) is 0.324. The molecule has 2 fully saturated rings. The third-order valence-corrected chi connectivity index (χ3v) is 10.1. The molecular weight excluding hydrogens is 498 g/mol. The van der Waals surface area contributed by atoms with Crippen LogP contribution < -0.4 is 0 Å². The number of alkyl halides is 2. The van der Waals surface area contributed by atoms with Gasteiger partial charge in [0.05, 0.1) is 25.5 Å². The minimum absolute atomic E-state index is 0.0411. The van der Waals surface area contributed by atoms with Gasteiger partial charge in [0.1, 0.15) is 6.10 Å². The van der Waals surface area contributed by atoms with Crippen molar-refractivity contribution in [2.24, 2.45) is 0 Å². The molecule has 0 radical (unpaired) electrons. The molecule has 2 heterocycles. The molecule has 0 N–H and O–H groups in total. The maximum absolute atomic E-state index is 15.4. The molecule has 0 saturated carbocycles. The van der Waals surface area contributed by atoms with Gasteiger partial charge in [-0.25, -0.2) is 16.8 Å². The van der Waals surface area contributed by atoms with Crippen LogP contribution in [-0.4, -0.2) is 82.4 Å². The lowest BCUT2D eigenvalue weighted by molar-refractivity contribution is -0.236. The molecule has 2 saturated heterocycles. The molecule has 1 aliphatic carbocycles. The van der Waals surface area contributed by atoms with Gasteiger partial charge in [-0.15, -0.1) is 0 Å². The summed E-state index contributed by atoms with van der Waals surface area (Å²) in [4.78, 5) is 13.4. The molecule has 34 heavy (non-hydrogen) atoms. The van der Waals surface area contributed by atoms with Gasteiger partial charge in [-0.1, -0.05) is 28.0 Å². The molecule has 1 aromatic carbocycles. The molecule has 1 spiro atoms. The van der Waals surface area contributed by atoms with E-state index in [-0.39, 0.29) is 41.1 Å². The summed E-state index contributed by atoms with van der Waals surface area (Å²) in [7, 11) is -9.81. The van der Waals surface area contributed by atoms with E-state index in [9.17, 15) is 21.6 Å². The van der Waals surface area contributed by atoms with Gasteiger partial charge in [-0.3, -0.25) is 4.79 Å². The summed E-state index contributed by atoms with van der Waals surface area (Å²) in [6.45, 7) is 0.105. The van der Waals surface area contributed by atoms with Gasteiger partial charge in [0.15, 0.2) is 0 Å². The van der Waals surface area contributed by atoms with E-state index < -0.39 is 49.1 Å². The molecule has 190 valence electrons. The number of methoxy groups -OCH3 is 1. The Balaban J connectivity index is 1.86. The minimum atomic E-state index is -6.09. The van der Waals surface area contributed by atoms with Crippen molar-refractivity contribution in [2.45, 2.75) is 42.4 Å². The maximum atomic E-state index is 15.4. The number of fused-ring (bicyclic) bond motifs is 2. The minimum Gasteiger partial charge on any atom is -0.373 e. The Bertz CT molecular complexity index is 1160. The van der Waals surface area contributed by atoms with Crippen molar-refractivity contribution in [2.75, 3.05) is 39.7 Å². The van der Waals surface area contributed by atoms with Crippen molar-refractivity contribution >= 4 is 26.0 Å². The van der Waals surface area contributed by atoms with Gasteiger partial charge in [0.2, 0.25) is 15.8 Å². The maximum Gasteiger partial charge on any atom is 0.436 e. The number of likely N-dealkylation sites (tertiary alicyclic amines) is 1. The zero-order chi connectivity index (χ0) is 24.9. The van der Waals surface area contributed by atoms with Crippen molar-refractivity contribution < 1.29 is 44.6 Å². The van der Waals surface area contributed by atoms with Crippen LogP contribution in [0.25, 0.3) is 0 Å². The Kier molecular flexibility index (Phi) is 6.53. The first-order chi connectivity index (χ1) is 15.9. The van der Waals surface area contributed by atoms with Gasteiger partial charge >= 0.3 is 21.2 Å². The summed E-state index contributed by atoms with van der Waals surface area (Å²) >= 11 is 0. The third-order valence-electron chi connectivity index (χ3n) is 6.29. The van der Waals surface area contributed by atoms with Crippen molar-refractivity contribution in [3.8, 4) is 0 Å². The monoisotopic (exact) mass is 524 g/mol. The third kappa shape index (κ3) is 3.75. The molecule has 2 aliphatic heterocycles. The lowest BCUT2D eigenvalue weighted by atomic mass is 10.1. The second-order valence-corrected chi connectivity index (χ2v) is 12.4. The summed E-state index contributed by atoms with van der Waals surface area (Å²) in [6.07, 6.45) is 0.641. The second-order valence-electron chi connectivity index (χ2n) is 8.42. The van der Waals surface area contributed by atoms with Crippen molar-refractivity contribution in [1.82, 2.24) is 8.61 Å². The number of rotatable bonds is 6. The summed E-state index contributed by atoms with van der Waals surface area (Å²) in [5.74, 6) is -3.65. The number of piperidine rings is 1.